The molecule has 0 amide bonds. The number of aromatic carboxylic acids is 1. The molecule has 0 bridgehead atoms. The van der Waals surface area contributed by atoms with E-state index in [9.17, 15) is 31.1 Å². The van der Waals surface area contributed by atoms with Gasteiger partial charge in [-0.3, -0.25) is 4.68 Å². The van der Waals surface area contributed by atoms with E-state index in [2.05, 4.69) is 5.10 Å². The highest BCUT2D eigenvalue weighted by atomic mass is 35.5. The first kappa shape index (κ1) is 21.9. The van der Waals surface area contributed by atoms with Crippen molar-refractivity contribution in [1.29, 1.82) is 0 Å². The molecule has 0 aliphatic heterocycles. The van der Waals surface area contributed by atoms with Crippen LogP contribution in [0.3, 0.4) is 0 Å². The number of nitrogens with one attached hydrogen (secondary N) is 1. The van der Waals surface area contributed by atoms with Gasteiger partial charge in [0.25, 0.3) is 0 Å². The van der Waals surface area contributed by atoms with Crippen LogP contribution in [-0.4, -0.2) is 33.1 Å². The van der Waals surface area contributed by atoms with E-state index in [1.165, 1.54) is 6.92 Å². The SMILES string of the molecule is CCn1nc(C(=O)O)c(Cl)c1-c1ccc(NC(C)C(F)(F)F)cc1C(F)(F)F. The van der Waals surface area contributed by atoms with Gasteiger partial charge in [-0.15, -0.1) is 0 Å². The first-order chi connectivity index (χ1) is 12.8. The van der Waals surface area contributed by atoms with Crippen molar-refractivity contribution in [3.05, 3.63) is 34.5 Å². The smallest absolute Gasteiger partial charge is 0.417 e. The van der Waals surface area contributed by atoms with Gasteiger partial charge in [-0.2, -0.15) is 31.4 Å². The monoisotopic (exact) mass is 429 g/mol. The molecule has 0 radical (unpaired) electrons. The Kier molecular flexibility index (Phi) is 5.88. The molecule has 1 heterocycles. The van der Waals surface area contributed by atoms with Crippen molar-refractivity contribution in [2.75, 3.05) is 5.32 Å². The summed E-state index contributed by atoms with van der Waals surface area (Å²) in [5, 5.41) is 14.2. The summed E-state index contributed by atoms with van der Waals surface area (Å²) in [6.45, 7) is 2.31. The molecule has 5 nitrogen and oxygen atoms in total. The minimum atomic E-state index is -4.94. The van der Waals surface area contributed by atoms with Crippen LogP contribution in [0.25, 0.3) is 11.3 Å². The summed E-state index contributed by atoms with van der Waals surface area (Å²) in [5.74, 6) is -1.52. The number of halogens is 7. The van der Waals surface area contributed by atoms with Gasteiger partial charge in [-0.05, 0) is 26.0 Å². The average Bonchev–Trinajstić information content (AvgIpc) is 2.90. The molecule has 2 N–H and O–H groups in total. The molecule has 0 fully saturated rings. The second-order valence-corrected chi connectivity index (χ2v) is 6.18. The van der Waals surface area contributed by atoms with E-state index in [-0.39, 0.29) is 12.2 Å². The van der Waals surface area contributed by atoms with Gasteiger partial charge in [0.05, 0.1) is 11.3 Å². The molecular formula is C16H14ClF6N3O2. The maximum absolute atomic E-state index is 13.6. The predicted octanol–water partition coefficient (Wildman–Crippen LogP) is 5.30. The van der Waals surface area contributed by atoms with Crippen molar-refractivity contribution in [3.63, 3.8) is 0 Å². The summed E-state index contributed by atoms with van der Waals surface area (Å²) in [7, 11) is 0. The summed E-state index contributed by atoms with van der Waals surface area (Å²) in [5.41, 5.74) is -3.09. The van der Waals surface area contributed by atoms with Gasteiger partial charge in [-0.25, -0.2) is 4.79 Å². The van der Waals surface area contributed by atoms with Crippen LogP contribution >= 0.6 is 11.6 Å². The number of aryl methyl sites for hydroxylation is 1. The molecule has 1 aromatic carbocycles. The Morgan fingerprint density at radius 2 is 1.89 bits per heavy atom. The van der Waals surface area contributed by atoms with Crippen molar-refractivity contribution >= 4 is 23.3 Å². The highest BCUT2D eigenvalue weighted by Gasteiger charge is 2.38. The Bertz CT molecular complexity index is 892. The fraction of sp³-hybridized carbons (Fsp3) is 0.375. The molecule has 1 unspecified atom stereocenters. The quantitative estimate of drug-likeness (QED) is 0.633. The largest absolute Gasteiger partial charge is 0.476 e. The number of anilines is 1. The lowest BCUT2D eigenvalue weighted by Gasteiger charge is -2.20. The Balaban J connectivity index is 2.65. The molecule has 28 heavy (non-hydrogen) atoms. The standard InChI is InChI=1S/C16H14ClF6N3O2/c1-3-26-13(11(17)12(25-26)14(27)28)9-5-4-8(6-10(9)16(21,22)23)24-7(2)15(18,19)20/h4-7,24H,3H2,1-2H3,(H,27,28). The second-order valence-electron chi connectivity index (χ2n) is 5.80. The number of hydrogen-bond acceptors (Lipinski definition) is 3. The van der Waals surface area contributed by atoms with Crippen molar-refractivity contribution in [3.8, 4) is 11.3 Å². The summed E-state index contributed by atoms with van der Waals surface area (Å²) in [6, 6.07) is 0.384. The molecule has 0 saturated carbocycles. The van der Waals surface area contributed by atoms with E-state index in [4.69, 9.17) is 16.7 Å². The molecule has 0 saturated heterocycles. The Morgan fingerprint density at radius 1 is 1.29 bits per heavy atom. The molecular weight excluding hydrogens is 416 g/mol. The molecule has 12 heteroatoms. The number of nitrogens with zero attached hydrogens (tertiary/aromatic N) is 2. The van der Waals surface area contributed by atoms with Crippen molar-refractivity contribution in [2.24, 2.45) is 0 Å². The summed E-state index contributed by atoms with van der Waals surface area (Å²) < 4.78 is 79.7. The van der Waals surface area contributed by atoms with Gasteiger partial charge < -0.3 is 10.4 Å². The maximum Gasteiger partial charge on any atom is 0.417 e. The zero-order chi connectivity index (χ0) is 21.4. The zero-order valence-corrected chi connectivity index (χ0v) is 15.2. The molecule has 0 aliphatic carbocycles. The summed E-state index contributed by atoms with van der Waals surface area (Å²) >= 11 is 5.95. The number of aromatic nitrogens is 2. The fourth-order valence-electron chi connectivity index (χ4n) is 2.47. The molecule has 0 spiro atoms. The lowest BCUT2D eigenvalue weighted by atomic mass is 10.0. The number of hydrogen-bond donors (Lipinski definition) is 2. The number of carboxylic acids is 1. The Morgan fingerprint density at radius 3 is 2.36 bits per heavy atom. The second kappa shape index (κ2) is 7.53. The van der Waals surface area contributed by atoms with E-state index in [1.54, 1.807) is 0 Å². The molecule has 0 aliphatic rings. The van der Waals surface area contributed by atoms with Gasteiger partial charge in [0, 0.05) is 17.8 Å². The van der Waals surface area contributed by atoms with Gasteiger partial charge in [-0.1, -0.05) is 17.7 Å². The molecule has 1 atom stereocenters. The van der Waals surface area contributed by atoms with E-state index in [0.717, 1.165) is 23.7 Å². The summed E-state index contributed by atoms with van der Waals surface area (Å²) in [6.07, 6.45) is -9.60. The molecule has 1 aromatic heterocycles. The summed E-state index contributed by atoms with van der Waals surface area (Å²) in [4.78, 5) is 11.2. The van der Waals surface area contributed by atoms with Gasteiger partial charge in [0.15, 0.2) is 5.69 Å². The number of alkyl halides is 6. The van der Waals surface area contributed by atoms with E-state index in [1.807, 2.05) is 5.32 Å². The number of benzene rings is 1. The van der Waals surface area contributed by atoms with E-state index in [0.29, 0.717) is 6.07 Å². The predicted molar refractivity (Wildman–Crippen MR) is 89.4 cm³/mol. The molecule has 154 valence electrons. The molecule has 2 aromatic rings. The van der Waals surface area contributed by atoms with Crippen LogP contribution in [-0.2, 0) is 12.7 Å². The lowest BCUT2D eigenvalue weighted by Crippen LogP contribution is -2.33. The average molecular weight is 430 g/mol. The normalized spacial score (nSPS) is 13.5. The van der Waals surface area contributed by atoms with Crippen molar-refractivity contribution < 1.29 is 36.2 Å². The highest BCUT2D eigenvalue weighted by molar-refractivity contribution is 6.35. The minimum absolute atomic E-state index is 0.0186. The lowest BCUT2D eigenvalue weighted by molar-refractivity contribution is -0.138. The molecule has 2 rings (SSSR count). The van der Waals surface area contributed by atoms with Crippen molar-refractivity contribution in [2.45, 2.75) is 38.8 Å². The van der Waals surface area contributed by atoms with Crippen LogP contribution in [0, 0.1) is 0 Å². The van der Waals surface area contributed by atoms with E-state index >= 15 is 0 Å². The Labute approximate surface area is 159 Å². The van der Waals surface area contributed by atoms with Crippen LogP contribution in [0.4, 0.5) is 32.0 Å². The fourth-order valence-corrected chi connectivity index (χ4v) is 2.79. The first-order valence-electron chi connectivity index (χ1n) is 7.81. The third-order valence-corrected chi connectivity index (χ3v) is 4.21. The minimum Gasteiger partial charge on any atom is -0.476 e. The number of carboxylic acid groups (broad SMARTS) is 1. The maximum atomic E-state index is 13.6. The first-order valence-corrected chi connectivity index (χ1v) is 8.19. The van der Waals surface area contributed by atoms with Crippen LogP contribution in [0.15, 0.2) is 18.2 Å². The topological polar surface area (TPSA) is 67.2 Å². The van der Waals surface area contributed by atoms with Crippen LogP contribution < -0.4 is 5.32 Å². The number of rotatable bonds is 5. The van der Waals surface area contributed by atoms with E-state index < -0.39 is 51.9 Å². The number of carbonyl (C=O) groups is 1. The van der Waals surface area contributed by atoms with Gasteiger partial charge in [0.2, 0.25) is 0 Å². The zero-order valence-electron chi connectivity index (χ0n) is 14.4. The highest BCUT2D eigenvalue weighted by Crippen LogP contribution is 2.42. The third-order valence-electron chi connectivity index (χ3n) is 3.85. The van der Waals surface area contributed by atoms with Crippen LogP contribution in [0.1, 0.15) is 29.9 Å². The van der Waals surface area contributed by atoms with Gasteiger partial charge in [0.1, 0.15) is 11.1 Å². The third kappa shape index (κ3) is 4.34. The van der Waals surface area contributed by atoms with Crippen LogP contribution in [0.5, 0.6) is 0 Å². The van der Waals surface area contributed by atoms with Gasteiger partial charge >= 0.3 is 18.3 Å². The van der Waals surface area contributed by atoms with Crippen LogP contribution in [0.2, 0.25) is 5.02 Å². The van der Waals surface area contributed by atoms with Crippen molar-refractivity contribution in [1.82, 2.24) is 9.78 Å². The Hall–Kier alpha value is -2.43.